The Morgan fingerprint density at radius 2 is 1.71 bits per heavy atom. The molecule has 2 aromatic rings. The van der Waals surface area contributed by atoms with Crippen LogP contribution in [0.2, 0.25) is 0 Å². The summed E-state index contributed by atoms with van der Waals surface area (Å²) in [5.74, 6) is 0.142. The summed E-state index contributed by atoms with van der Waals surface area (Å²) in [7, 11) is -3.27. The van der Waals surface area contributed by atoms with Crippen molar-refractivity contribution in [1.82, 2.24) is 4.98 Å². The van der Waals surface area contributed by atoms with Gasteiger partial charge in [0.2, 0.25) is 10.0 Å². The summed E-state index contributed by atoms with van der Waals surface area (Å²) in [4.78, 5) is 4.25. The van der Waals surface area contributed by atoms with Gasteiger partial charge in [-0.25, -0.2) is 8.42 Å². The molecule has 21 heavy (non-hydrogen) atoms. The number of anilines is 2. The molecule has 0 aliphatic heterocycles. The van der Waals surface area contributed by atoms with Crippen LogP contribution in [0.3, 0.4) is 0 Å². The number of hydrogen-bond donors (Lipinski definition) is 3. The smallest absolute Gasteiger partial charge is 0.229 e. The molecule has 0 spiro atoms. The lowest BCUT2D eigenvalue weighted by molar-refractivity contribution is 0.464. The predicted octanol–water partition coefficient (Wildman–Crippen LogP) is 2.08. The van der Waals surface area contributed by atoms with Gasteiger partial charge in [0.15, 0.2) is 0 Å². The van der Waals surface area contributed by atoms with Crippen molar-refractivity contribution in [2.75, 3.05) is 16.3 Å². The van der Waals surface area contributed by atoms with Gasteiger partial charge in [-0.2, -0.15) is 0 Å². The maximum absolute atomic E-state index is 11.1. The van der Waals surface area contributed by atoms with Gasteiger partial charge in [-0.05, 0) is 43.3 Å². The minimum Gasteiger partial charge on any atom is -0.506 e. The monoisotopic (exact) mass is 307 g/mol. The summed E-state index contributed by atoms with van der Waals surface area (Å²) >= 11 is 0. The van der Waals surface area contributed by atoms with Crippen molar-refractivity contribution in [2.24, 2.45) is 0 Å². The zero-order chi connectivity index (χ0) is 15.5. The van der Waals surface area contributed by atoms with Gasteiger partial charge in [-0.3, -0.25) is 9.71 Å². The Balaban J connectivity index is 2.02. The van der Waals surface area contributed by atoms with Crippen molar-refractivity contribution >= 4 is 21.4 Å². The number of aryl methyl sites for hydroxylation is 1. The van der Waals surface area contributed by atoms with E-state index < -0.39 is 10.0 Å². The number of pyridine rings is 1. The molecule has 6 nitrogen and oxygen atoms in total. The SMILES string of the molecule is Cc1ccc(O)c(CNc2ccc(NS(C)(=O)=O)cc2)n1. The molecule has 0 unspecified atom stereocenters. The zero-order valence-electron chi connectivity index (χ0n) is 11.8. The predicted molar refractivity (Wildman–Crippen MR) is 82.9 cm³/mol. The fourth-order valence-electron chi connectivity index (χ4n) is 1.79. The molecule has 112 valence electrons. The van der Waals surface area contributed by atoms with Crippen LogP contribution in [0.4, 0.5) is 11.4 Å². The molecule has 0 aliphatic carbocycles. The first kappa shape index (κ1) is 15.1. The molecular formula is C14H17N3O3S. The van der Waals surface area contributed by atoms with Crippen LogP contribution in [-0.2, 0) is 16.6 Å². The lowest BCUT2D eigenvalue weighted by Gasteiger charge is -2.09. The topological polar surface area (TPSA) is 91.3 Å². The van der Waals surface area contributed by atoms with Crippen LogP contribution in [0.25, 0.3) is 0 Å². The highest BCUT2D eigenvalue weighted by Gasteiger charge is 2.04. The molecule has 2 rings (SSSR count). The van der Waals surface area contributed by atoms with E-state index in [-0.39, 0.29) is 5.75 Å². The lowest BCUT2D eigenvalue weighted by atomic mass is 10.2. The second-order valence-electron chi connectivity index (χ2n) is 4.72. The Kier molecular flexibility index (Phi) is 4.32. The Morgan fingerprint density at radius 1 is 1.10 bits per heavy atom. The van der Waals surface area contributed by atoms with E-state index >= 15 is 0 Å². The highest BCUT2D eigenvalue weighted by Crippen LogP contribution is 2.18. The van der Waals surface area contributed by atoms with Gasteiger partial charge in [0, 0.05) is 17.1 Å². The Morgan fingerprint density at radius 3 is 2.33 bits per heavy atom. The van der Waals surface area contributed by atoms with Crippen LogP contribution in [0.1, 0.15) is 11.4 Å². The third-order valence-electron chi connectivity index (χ3n) is 2.74. The molecule has 7 heteroatoms. The molecule has 0 radical (unpaired) electrons. The van der Waals surface area contributed by atoms with E-state index in [9.17, 15) is 13.5 Å². The quantitative estimate of drug-likeness (QED) is 0.786. The Hall–Kier alpha value is -2.28. The molecule has 0 saturated heterocycles. The fraction of sp³-hybridized carbons (Fsp3) is 0.214. The average molecular weight is 307 g/mol. The summed E-state index contributed by atoms with van der Waals surface area (Å²) in [5, 5.41) is 12.8. The summed E-state index contributed by atoms with van der Waals surface area (Å²) in [6.45, 7) is 2.24. The third-order valence-corrected chi connectivity index (χ3v) is 3.34. The van der Waals surface area contributed by atoms with Gasteiger partial charge in [-0.1, -0.05) is 0 Å². The van der Waals surface area contributed by atoms with E-state index in [1.54, 1.807) is 36.4 Å². The minimum atomic E-state index is -3.27. The van der Waals surface area contributed by atoms with E-state index in [1.165, 1.54) is 0 Å². The zero-order valence-corrected chi connectivity index (χ0v) is 12.6. The first-order chi connectivity index (χ1) is 9.83. The summed E-state index contributed by atoms with van der Waals surface area (Å²) < 4.78 is 24.6. The number of sulfonamides is 1. The van der Waals surface area contributed by atoms with Crippen LogP contribution in [-0.4, -0.2) is 24.8 Å². The number of nitrogens with one attached hydrogen (secondary N) is 2. The third kappa shape index (κ3) is 4.64. The number of aromatic hydroxyl groups is 1. The largest absolute Gasteiger partial charge is 0.506 e. The Labute approximate surface area is 123 Å². The highest BCUT2D eigenvalue weighted by molar-refractivity contribution is 7.92. The molecule has 0 amide bonds. The van der Waals surface area contributed by atoms with Crippen molar-refractivity contribution in [3.63, 3.8) is 0 Å². The van der Waals surface area contributed by atoms with Gasteiger partial charge in [0.1, 0.15) is 11.4 Å². The van der Waals surface area contributed by atoms with Crippen molar-refractivity contribution < 1.29 is 13.5 Å². The number of rotatable bonds is 5. The first-order valence-electron chi connectivity index (χ1n) is 6.31. The molecule has 0 aliphatic rings. The molecule has 0 atom stereocenters. The van der Waals surface area contributed by atoms with Gasteiger partial charge in [0.25, 0.3) is 0 Å². The van der Waals surface area contributed by atoms with E-state index in [1.807, 2.05) is 6.92 Å². The molecule has 0 fully saturated rings. The summed E-state index contributed by atoms with van der Waals surface area (Å²) in [6.07, 6.45) is 1.10. The molecule has 1 aromatic heterocycles. The minimum absolute atomic E-state index is 0.142. The molecule has 3 N–H and O–H groups in total. The van der Waals surface area contributed by atoms with Gasteiger partial charge < -0.3 is 10.4 Å². The average Bonchev–Trinajstić information content (AvgIpc) is 2.40. The van der Waals surface area contributed by atoms with Crippen molar-refractivity contribution in [1.29, 1.82) is 0 Å². The standard InChI is InChI=1S/C14H17N3O3S/c1-10-3-8-14(18)13(16-10)9-15-11-4-6-12(7-5-11)17-21(2,19)20/h3-8,15,17-18H,9H2,1-2H3. The normalized spacial score (nSPS) is 11.1. The van der Waals surface area contributed by atoms with Crippen LogP contribution in [0.5, 0.6) is 5.75 Å². The van der Waals surface area contributed by atoms with Crippen molar-refractivity contribution in [3.8, 4) is 5.75 Å². The van der Waals surface area contributed by atoms with Crippen LogP contribution < -0.4 is 10.0 Å². The Bertz CT molecular complexity index is 728. The molecule has 1 aromatic carbocycles. The van der Waals surface area contributed by atoms with Crippen LogP contribution in [0.15, 0.2) is 36.4 Å². The number of nitrogens with zero attached hydrogens (tertiary/aromatic N) is 1. The van der Waals surface area contributed by atoms with Crippen LogP contribution >= 0.6 is 0 Å². The maximum atomic E-state index is 11.1. The highest BCUT2D eigenvalue weighted by atomic mass is 32.2. The molecule has 1 heterocycles. The maximum Gasteiger partial charge on any atom is 0.229 e. The summed E-state index contributed by atoms with van der Waals surface area (Å²) in [5.41, 5.74) is 2.70. The van der Waals surface area contributed by atoms with E-state index in [4.69, 9.17) is 0 Å². The molecule has 0 saturated carbocycles. The van der Waals surface area contributed by atoms with Gasteiger partial charge in [0.05, 0.1) is 12.8 Å². The lowest BCUT2D eigenvalue weighted by Crippen LogP contribution is -2.09. The van der Waals surface area contributed by atoms with E-state index in [0.29, 0.717) is 17.9 Å². The molecule has 0 bridgehead atoms. The van der Waals surface area contributed by atoms with Gasteiger partial charge >= 0.3 is 0 Å². The fourth-order valence-corrected chi connectivity index (χ4v) is 2.35. The number of hydrogen-bond acceptors (Lipinski definition) is 5. The molecular weight excluding hydrogens is 290 g/mol. The van der Waals surface area contributed by atoms with E-state index in [0.717, 1.165) is 17.6 Å². The van der Waals surface area contributed by atoms with Crippen molar-refractivity contribution in [3.05, 3.63) is 47.8 Å². The summed E-state index contributed by atoms with van der Waals surface area (Å²) in [6, 6.07) is 10.2. The van der Waals surface area contributed by atoms with Crippen LogP contribution in [0, 0.1) is 6.92 Å². The van der Waals surface area contributed by atoms with Gasteiger partial charge in [-0.15, -0.1) is 0 Å². The number of benzene rings is 1. The first-order valence-corrected chi connectivity index (χ1v) is 8.20. The van der Waals surface area contributed by atoms with E-state index in [2.05, 4.69) is 15.0 Å². The second-order valence-corrected chi connectivity index (χ2v) is 6.47. The van der Waals surface area contributed by atoms with Crippen molar-refractivity contribution in [2.45, 2.75) is 13.5 Å². The second kappa shape index (κ2) is 6.01. The number of aromatic nitrogens is 1.